The van der Waals surface area contributed by atoms with Crippen molar-refractivity contribution in [2.45, 2.75) is 45.6 Å². The molecular weight excluding hydrogens is 288 g/mol. The molecule has 1 aromatic heterocycles. The fraction of sp³-hybridized carbons (Fsp3) is 0.368. The van der Waals surface area contributed by atoms with Crippen LogP contribution in [0.2, 0.25) is 0 Å². The fourth-order valence-electron chi connectivity index (χ4n) is 2.32. The summed E-state index contributed by atoms with van der Waals surface area (Å²) in [5, 5.41) is 12.1. The summed E-state index contributed by atoms with van der Waals surface area (Å²) >= 11 is 0. The Morgan fingerprint density at radius 1 is 1.17 bits per heavy atom. The number of hydrogen-bond acceptors (Lipinski definition) is 3. The molecule has 0 aliphatic heterocycles. The number of carbonyl (C=O) groups excluding carboxylic acids is 1. The van der Waals surface area contributed by atoms with Gasteiger partial charge in [0.2, 0.25) is 5.91 Å². The molecule has 0 saturated heterocycles. The van der Waals surface area contributed by atoms with Crippen LogP contribution < -0.4 is 5.32 Å². The number of nitrogens with one attached hydrogen (secondary N) is 1. The summed E-state index contributed by atoms with van der Waals surface area (Å²) in [5.74, 6) is -0.0763. The maximum Gasteiger partial charge on any atom is 0.224 e. The van der Waals surface area contributed by atoms with Gasteiger partial charge in [-0.1, -0.05) is 45.0 Å². The van der Waals surface area contributed by atoms with E-state index in [0.29, 0.717) is 24.1 Å². The van der Waals surface area contributed by atoms with E-state index in [4.69, 9.17) is 0 Å². The molecule has 0 unspecified atom stereocenters. The molecule has 0 spiro atoms. The number of nitrogens with zero attached hydrogens (tertiary/aromatic N) is 1. The van der Waals surface area contributed by atoms with Crippen molar-refractivity contribution in [3.05, 3.63) is 59.4 Å². The lowest BCUT2D eigenvalue weighted by atomic mass is 9.86. The van der Waals surface area contributed by atoms with Gasteiger partial charge in [0.25, 0.3) is 0 Å². The molecule has 0 bridgehead atoms. The second-order valence-electron chi connectivity index (χ2n) is 6.69. The standard InChI is InChI=1S/C19H24N2O2/c1-19(2,3)16-7-4-14(5-8-16)6-9-18(23)21-17-12-20-11-10-15(17)13-22/h4-5,7-8,10-12,22H,6,9,13H2,1-3H3,(H,21,23). The summed E-state index contributed by atoms with van der Waals surface area (Å²) < 4.78 is 0. The fourth-order valence-corrected chi connectivity index (χ4v) is 2.32. The first-order valence-electron chi connectivity index (χ1n) is 7.83. The minimum atomic E-state index is -0.119. The maximum absolute atomic E-state index is 12.1. The van der Waals surface area contributed by atoms with Gasteiger partial charge in [0, 0.05) is 18.2 Å². The highest BCUT2D eigenvalue weighted by Gasteiger charge is 2.13. The van der Waals surface area contributed by atoms with Gasteiger partial charge in [-0.05, 0) is 29.0 Å². The number of rotatable bonds is 5. The molecule has 2 aromatic rings. The highest BCUT2D eigenvalue weighted by molar-refractivity contribution is 5.91. The summed E-state index contributed by atoms with van der Waals surface area (Å²) in [6.45, 7) is 6.43. The molecule has 2 N–H and O–H groups in total. The molecule has 0 saturated carbocycles. The van der Waals surface area contributed by atoms with Crippen molar-refractivity contribution in [1.82, 2.24) is 4.98 Å². The summed E-state index contributed by atoms with van der Waals surface area (Å²) in [6, 6.07) is 10.1. The van der Waals surface area contributed by atoms with Crippen LogP contribution in [-0.2, 0) is 23.2 Å². The molecule has 0 atom stereocenters. The second-order valence-corrected chi connectivity index (χ2v) is 6.69. The molecule has 23 heavy (non-hydrogen) atoms. The topological polar surface area (TPSA) is 62.2 Å². The molecule has 4 nitrogen and oxygen atoms in total. The average molecular weight is 312 g/mol. The monoisotopic (exact) mass is 312 g/mol. The van der Waals surface area contributed by atoms with E-state index >= 15 is 0 Å². The lowest BCUT2D eigenvalue weighted by Crippen LogP contribution is -2.14. The van der Waals surface area contributed by atoms with E-state index in [1.165, 1.54) is 5.56 Å². The Hall–Kier alpha value is -2.20. The zero-order chi connectivity index (χ0) is 16.9. The van der Waals surface area contributed by atoms with Crippen LogP contribution in [0.15, 0.2) is 42.7 Å². The molecule has 1 amide bonds. The number of aryl methyl sites for hydroxylation is 1. The van der Waals surface area contributed by atoms with Gasteiger partial charge in [0.1, 0.15) is 0 Å². The SMILES string of the molecule is CC(C)(C)c1ccc(CCC(=O)Nc2cnccc2CO)cc1. The first-order valence-corrected chi connectivity index (χ1v) is 7.83. The minimum absolute atomic E-state index is 0.0763. The summed E-state index contributed by atoms with van der Waals surface area (Å²) in [5.41, 5.74) is 3.80. The molecule has 2 rings (SSSR count). The Labute approximate surface area is 137 Å². The van der Waals surface area contributed by atoms with Crippen LogP contribution in [0.5, 0.6) is 0 Å². The quantitative estimate of drug-likeness (QED) is 0.889. The van der Waals surface area contributed by atoms with Crippen molar-refractivity contribution in [3.8, 4) is 0 Å². The van der Waals surface area contributed by atoms with Crippen LogP contribution in [0.25, 0.3) is 0 Å². The van der Waals surface area contributed by atoms with Crippen molar-refractivity contribution < 1.29 is 9.90 Å². The average Bonchev–Trinajstić information content (AvgIpc) is 2.53. The largest absolute Gasteiger partial charge is 0.392 e. The van der Waals surface area contributed by atoms with E-state index in [1.807, 2.05) is 0 Å². The lowest BCUT2D eigenvalue weighted by molar-refractivity contribution is -0.116. The number of carbonyl (C=O) groups is 1. The van der Waals surface area contributed by atoms with E-state index in [1.54, 1.807) is 18.5 Å². The number of anilines is 1. The van der Waals surface area contributed by atoms with Gasteiger partial charge in [-0.3, -0.25) is 9.78 Å². The Bertz CT molecular complexity index is 658. The van der Waals surface area contributed by atoms with Crippen LogP contribution in [0.3, 0.4) is 0 Å². The van der Waals surface area contributed by atoms with E-state index in [-0.39, 0.29) is 17.9 Å². The van der Waals surface area contributed by atoms with Crippen molar-refractivity contribution >= 4 is 11.6 Å². The molecule has 0 aliphatic carbocycles. The van der Waals surface area contributed by atoms with E-state index < -0.39 is 0 Å². The summed E-state index contributed by atoms with van der Waals surface area (Å²) in [7, 11) is 0. The minimum Gasteiger partial charge on any atom is -0.392 e. The third-order valence-electron chi connectivity index (χ3n) is 3.82. The Morgan fingerprint density at radius 2 is 1.87 bits per heavy atom. The van der Waals surface area contributed by atoms with Gasteiger partial charge >= 0.3 is 0 Å². The Kier molecular flexibility index (Phi) is 5.50. The summed E-state index contributed by atoms with van der Waals surface area (Å²) in [4.78, 5) is 16.0. The summed E-state index contributed by atoms with van der Waals surface area (Å²) in [6.07, 6.45) is 4.24. The number of aliphatic hydroxyl groups excluding tert-OH is 1. The van der Waals surface area contributed by atoms with Crippen molar-refractivity contribution in [2.75, 3.05) is 5.32 Å². The number of amides is 1. The van der Waals surface area contributed by atoms with Gasteiger partial charge in [-0.15, -0.1) is 0 Å². The van der Waals surface area contributed by atoms with Crippen molar-refractivity contribution in [1.29, 1.82) is 0 Å². The van der Waals surface area contributed by atoms with Gasteiger partial charge in [-0.2, -0.15) is 0 Å². The normalized spacial score (nSPS) is 11.3. The number of pyridine rings is 1. The molecule has 4 heteroatoms. The Morgan fingerprint density at radius 3 is 2.48 bits per heavy atom. The highest BCUT2D eigenvalue weighted by atomic mass is 16.3. The zero-order valence-electron chi connectivity index (χ0n) is 14.0. The molecule has 0 aliphatic rings. The van der Waals surface area contributed by atoms with Crippen LogP contribution in [0.1, 0.15) is 43.9 Å². The van der Waals surface area contributed by atoms with Gasteiger partial charge < -0.3 is 10.4 Å². The molecule has 1 heterocycles. The first-order chi connectivity index (χ1) is 10.9. The van der Waals surface area contributed by atoms with Crippen LogP contribution >= 0.6 is 0 Å². The predicted octanol–water partition coefficient (Wildman–Crippen LogP) is 3.44. The van der Waals surface area contributed by atoms with E-state index in [9.17, 15) is 9.90 Å². The van der Waals surface area contributed by atoms with Gasteiger partial charge in [0.15, 0.2) is 0 Å². The zero-order valence-corrected chi connectivity index (χ0v) is 14.0. The third kappa shape index (κ3) is 4.89. The van der Waals surface area contributed by atoms with Crippen molar-refractivity contribution in [2.24, 2.45) is 0 Å². The van der Waals surface area contributed by atoms with E-state index in [2.05, 4.69) is 55.3 Å². The number of hydrogen-bond donors (Lipinski definition) is 2. The van der Waals surface area contributed by atoms with E-state index in [0.717, 1.165) is 5.56 Å². The van der Waals surface area contributed by atoms with Crippen LogP contribution in [0, 0.1) is 0 Å². The lowest BCUT2D eigenvalue weighted by Gasteiger charge is -2.19. The van der Waals surface area contributed by atoms with Crippen LogP contribution in [-0.4, -0.2) is 16.0 Å². The number of benzene rings is 1. The number of aliphatic hydroxyl groups is 1. The smallest absolute Gasteiger partial charge is 0.224 e. The predicted molar refractivity (Wildman–Crippen MR) is 92.3 cm³/mol. The molecule has 122 valence electrons. The Balaban J connectivity index is 1.92. The van der Waals surface area contributed by atoms with Gasteiger partial charge in [-0.25, -0.2) is 0 Å². The molecule has 0 fully saturated rings. The van der Waals surface area contributed by atoms with Crippen LogP contribution in [0.4, 0.5) is 5.69 Å². The number of aromatic nitrogens is 1. The van der Waals surface area contributed by atoms with Gasteiger partial charge in [0.05, 0.1) is 18.5 Å². The third-order valence-corrected chi connectivity index (χ3v) is 3.82. The van der Waals surface area contributed by atoms with Crippen molar-refractivity contribution in [3.63, 3.8) is 0 Å². The molecular formula is C19H24N2O2. The highest BCUT2D eigenvalue weighted by Crippen LogP contribution is 2.22. The molecule has 0 radical (unpaired) electrons. The molecule has 1 aromatic carbocycles. The second kappa shape index (κ2) is 7.38. The first kappa shape index (κ1) is 17.2. The maximum atomic E-state index is 12.1.